The molecule has 7 nitrogen and oxygen atoms in total. The summed E-state index contributed by atoms with van der Waals surface area (Å²) in [6.07, 6.45) is 0. The minimum absolute atomic E-state index is 0.0868. The van der Waals surface area contributed by atoms with Gasteiger partial charge in [-0.2, -0.15) is 0 Å². The van der Waals surface area contributed by atoms with E-state index >= 15 is 0 Å². The molecule has 0 aromatic heterocycles. The van der Waals surface area contributed by atoms with Gasteiger partial charge in [-0.25, -0.2) is 0 Å². The average Bonchev–Trinajstić information content (AvgIpc) is 2.36. The lowest BCUT2D eigenvalue weighted by atomic mass is 10.1. The maximum Gasteiger partial charge on any atom is 0.282 e. The van der Waals surface area contributed by atoms with Crippen LogP contribution < -0.4 is 5.32 Å². The number of benzene rings is 1. The molecule has 0 aliphatic rings. The molecule has 1 amide bonds. The Labute approximate surface area is 103 Å². The summed E-state index contributed by atoms with van der Waals surface area (Å²) in [5, 5.41) is 31.4. The molecule has 0 aliphatic heterocycles. The molecule has 0 spiro atoms. The van der Waals surface area contributed by atoms with E-state index in [1.54, 1.807) is 0 Å². The van der Waals surface area contributed by atoms with Gasteiger partial charge in [0, 0.05) is 12.6 Å². The number of carbonyl (C=O) groups is 1. The van der Waals surface area contributed by atoms with E-state index < -0.39 is 23.0 Å². The molecule has 1 rings (SSSR count). The summed E-state index contributed by atoms with van der Waals surface area (Å²) >= 11 is 0. The van der Waals surface area contributed by atoms with Crippen LogP contribution in [0.25, 0.3) is 0 Å². The van der Waals surface area contributed by atoms with Crippen LogP contribution in [0.5, 0.6) is 0 Å². The molecule has 0 fully saturated rings. The fraction of sp³-hybridized carbons (Fsp3) is 0.364. The maximum atomic E-state index is 11.7. The summed E-state index contributed by atoms with van der Waals surface area (Å²) in [5.41, 5.74) is -1.85. The third kappa shape index (κ3) is 3.51. The molecule has 1 atom stereocenters. The first-order valence-electron chi connectivity index (χ1n) is 5.22. The molecule has 0 saturated carbocycles. The second-order valence-electron chi connectivity index (χ2n) is 4.11. The van der Waals surface area contributed by atoms with Crippen molar-refractivity contribution < 1.29 is 19.9 Å². The van der Waals surface area contributed by atoms with E-state index in [0.29, 0.717) is 0 Å². The minimum Gasteiger partial charge on any atom is -0.393 e. The van der Waals surface area contributed by atoms with Gasteiger partial charge in [0.25, 0.3) is 11.6 Å². The van der Waals surface area contributed by atoms with Gasteiger partial charge in [0.2, 0.25) is 0 Å². The molecule has 0 saturated heterocycles. The number of aliphatic hydroxyl groups is 2. The first-order valence-corrected chi connectivity index (χ1v) is 5.22. The van der Waals surface area contributed by atoms with E-state index in [2.05, 4.69) is 5.32 Å². The lowest BCUT2D eigenvalue weighted by Gasteiger charge is -2.20. The zero-order valence-corrected chi connectivity index (χ0v) is 9.79. The second-order valence-corrected chi connectivity index (χ2v) is 4.11. The van der Waals surface area contributed by atoms with E-state index in [1.165, 1.54) is 31.2 Å². The number of amides is 1. The fourth-order valence-electron chi connectivity index (χ4n) is 1.25. The van der Waals surface area contributed by atoms with Crippen molar-refractivity contribution in [2.75, 3.05) is 13.2 Å². The van der Waals surface area contributed by atoms with E-state index in [9.17, 15) is 20.0 Å². The second kappa shape index (κ2) is 5.56. The van der Waals surface area contributed by atoms with Gasteiger partial charge in [-0.3, -0.25) is 14.9 Å². The molecule has 1 unspecified atom stereocenters. The summed E-state index contributed by atoms with van der Waals surface area (Å²) in [5.74, 6) is -0.670. The Morgan fingerprint density at radius 1 is 1.50 bits per heavy atom. The van der Waals surface area contributed by atoms with Crippen LogP contribution in [-0.4, -0.2) is 39.8 Å². The smallest absolute Gasteiger partial charge is 0.282 e. The van der Waals surface area contributed by atoms with Crippen molar-refractivity contribution in [1.82, 2.24) is 5.32 Å². The van der Waals surface area contributed by atoms with Crippen molar-refractivity contribution in [2.24, 2.45) is 0 Å². The number of aliphatic hydroxyl groups excluding tert-OH is 1. The van der Waals surface area contributed by atoms with Crippen LogP contribution in [0, 0.1) is 10.1 Å². The molecule has 0 bridgehead atoms. The summed E-state index contributed by atoms with van der Waals surface area (Å²) in [7, 11) is 0. The number of nitro benzene ring substituents is 1. The average molecular weight is 254 g/mol. The Balaban J connectivity index is 2.82. The lowest BCUT2D eigenvalue weighted by Crippen LogP contribution is -2.43. The van der Waals surface area contributed by atoms with Crippen molar-refractivity contribution >= 4 is 11.6 Å². The lowest BCUT2D eigenvalue weighted by molar-refractivity contribution is -0.385. The topological polar surface area (TPSA) is 113 Å². The Hall–Kier alpha value is -1.99. The zero-order chi connectivity index (χ0) is 13.8. The quantitative estimate of drug-likeness (QED) is 0.508. The van der Waals surface area contributed by atoms with Crippen molar-refractivity contribution in [3.63, 3.8) is 0 Å². The van der Waals surface area contributed by atoms with Crippen molar-refractivity contribution in [1.29, 1.82) is 0 Å². The van der Waals surface area contributed by atoms with E-state index in [0.717, 1.165) is 0 Å². The van der Waals surface area contributed by atoms with Crippen molar-refractivity contribution in [3.05, 3.63) is 39.9 Å². The number of rotatable bonds is 5. The molecular formula is C11H14N2O5. The van der Waals surface area contributed by atoms with Crippen molar-refractivity contribution in [3.8, 4) is 0 Å². The highest BCUT2D eigenvalue weighted by Gasteiger charge is 2.23. The van der Waals surface area contributed by atoms with Crippen LogP contribution in [0.4, 0.5) is 5.69 Å². The molecule has 18 heavy (non-hydrogen) atoms. The van der Waals surface area contributed by atoms with Crippen LogP contribution in [0.3, 0.4) is 0 Å². The molecule has 7 heteroatoms. The van der Waals surface area contributed by atoms with E-state index in [4.69, 9.17) is 5.11 Å². The highest BCUT2D eigenvalue weighted by Crippen LogP contribution is 2.17. The number of hydrogen-bond donors (Lipinski definition) is 3. The number of carbonyl (C=O) groups excluding carboxylic acids is 1. The van der Waals surface area contributed by atoms with Crippen LogP contribution >= 0.6 is 0 Å². The Morgan fingerprint density at radius 3 is 2.67 bits per heavy atom. The Bertz CT molecular complexity index is 459. The highest BCUT2D eigenvalue weighted by atomic mass is 16.6. The molecule has 0 radical (unpaired) electrons. The predicted octanol–water partition coefficient (Wildman–Crippen LogP) is 0.0679. The molecule has 0 heterocycles. The molecule has 1 aromatic rings. The van der Waals surface area contributed by atoms with Crippen LogP contribution in [-0.2, 0) is 0 Å². The SMILES string of the molecule is CC(O)(CO)CNC(=O)c1ccccc1[N+](=O)[O-]. The Morgan fingerprint density at radius 2 is 2.11 bits per heavy atom. The molecular weight excluding hydrogens is 240 g/mol. The summed E-state index contributed by atoms with van der Waals surface area (Å²) in [4.78, 5) is 21.8. The van der Waals surface area contributed by atoms with Crippen LogP contribution in [0.2, 0.25) is 0 Å². The van der Waals surface area contributed by atoms with Gasteiger partial charge in [0.05, 0.1) is 11.5 Å². The number of hydrogen-bond acceptors (Lipinski definition) is 5. The first-order chi connectivity index (χ1) is 8.37. The highest BCUT2D eigenvalue weighted by molar-refractivity contribution is 5.98. The third-order valence-electron chi connectivity index (χ3n) is 2.32. The van der Waals surface area contributed by atoms with E-state index in [1.807, 2.05) is 0 Å². The van der Waals surface area contributed by atoms with Crippen molar-refractivity contribution in [2.45, 2.75) is 12.5 Å². The predicted molar refractivity (Wildman–Crippen MR) is 63.1 cm³/mol. The number of nitrogens with zero attached hydrogens (tertiary/aromatic N) is 1. The third-order valence-corrected chi connectivity index (χ3v) is 2.32. The number of nitrogens with one attached hydrogen (secondary N) is 1. The van der Waals surface area contributed by atoms with Gasteiger partial charge in [-0.05, 0) is 13.0 Å². The van der Waals surface area contributed by atoms with Crippen LogP contribution in [0.15, 0.2) is 24.3 Å². The normalized spacial score (nSPS) is 13.7. The number of para-hydroxylation sites is 1. The monoisotopic (exact) mass is 254 g/mol. The summed E-state index contributed by atoms with van der Waals surface area (Å²) < 4.78 is 0. The molecule has 1 aromatic carbocycles. The van der Waals surface area contributed by atoms with E-state index in [-0.39, 0.29) is 17.8 Å². The maximum absolute atomic E-state index is 11.7. The van der Waals surface area contributed by atoms with Gasteiger partial charge in [0.1, 0.15) is 11.2 Å². The zero-order valence-electron chi connectivity index (χ0n) is 9.79. The van der Waals surface area contributed by atoms with Gasteiger partial charge in [-0.1, -0.05) is 12.1 Å². The first kappa shape index (κ1) is 14.1. The molecule has 3 N–H and O–H groups in total. The van der Waals surface area contributed by atoms with Gasteiger partial charge >= 0.3 is 0 Å². The largest absolute Gasteiger partial charge is 0.393 e. The minimum atomic E-state index is -1.46. The standard InChI is InChI=1S/C11H14N2O5/c1-11(16,7-14)6-12-10(15)8-4-2-3-5-9(8)13(17)18/h2-5,14,16H,6-7H2,1H3,(H,12,15). The fourth-order valence-corrected chi connectivity index (χ4v) is 1.25. The van der Waals surface area contributed by atoms with Gasteiger partial charge < -0.3 is 15.5 Å². The Kier molecular flexibility index (Phi) is 4.35. The van der Waals surface area contributed by atoms with Gasteiger partial charge in [0.15, 0.2) is 0 Å². The molecule has 98 valence electrons. The van der Waals surface area contributed by atoms with Gasteiger partial charge in [-0.15, -0.1) is 0 Å². The number of nitro groups is 1. The molecule has 0 aliphatic carbocycles. The summed E-state index contributed by atoms with van der Waals surface area (Å²) in [6, 6.07) is 5.51. The summed E-state index contributed by atoms with van der Waals surface area (Å²) in [6.45, 7) is 0.616. The van der Waals surface area contributed by atoms with Crippen LogP contribution in [0.1, 0.15) is 17.3 Å².